The van der Waals surface area contributed by atoms with Crippen LogP contribution in [-0.4, -0.2) is 41.4 Å². The molecule has 5 heteroatoms. The molecule has 1 saturated heterocycles. The van der Waals surface area contributed by atoms with E-state index in [2.05, 4.69) is 48.5 Å². The van der Waals surface area contributed by atoms with Crippen LogP contribution in [0.25, 0.3) is 0 Å². The van der Waals surface area contributed by atoms with Crippen LogP contribution in [0.5, 0.6) is 0 Å². The third-order valence-corrected chi connectivity index (χ3v) is 5.47. The number of amides is 1. The van der Waals surface area contributed by atoms with Gasteiger partial charge in [-0.05, 0) is 48.9 Å². The summed E-state index contributed by atoms with van der Waals surface area (Å²) in [5.74, 6) is 6.19. The Hall–Kier alpha value is -1.51. The van der Waals surface area contributed by atoms with E-state index in [4.69, 9.17) is 4.74 Å². The van der Waals surface area contributed by atoms with Crippen molar-refractivity contribution in [1.82, 2.24) is 4.90 Å². The van der Waals surface area contributed by atoms with Crippen LogP contribution < -0.4 is 0 Å². The zero-order valence-electron chi connectivity index (χ0n) is 15.3. The number of aryl methyl sites for hydroxylation is 1. The van der Waals surface area contributed by atoms with Gasteiger partial charge in [0.15, 0.2) is 0 Å². The van der Waals surface area contributed by atoms with Crippen molar-refractivity contribution in [1.29, 1.82) is 0 Å². The molecular formula is C20H26BrNO3. The normalized spacial score (nSPS) is 20.8. The van der Waals surface area contributed by atoms with Crippen molar-refractivity contribution in [2.75, 3.05) is 13.2 Å². The Morgan fingerprint density at radius 2 is 2.16 bits per heavy atom. The van der Waals surface area contributed by atoms with Gasteiger partial charge in [-0.2, -0.15) is 0 Å². The molecule has 1 aliphatic heterocycles. The quantitative estimate of drug-likeness (QED) is 0.723. The third-order valence-electron chi connectivity index (χ3n) is 4.58. The maximum absolute atomic E-state index is 11.4. The van der Waals surface area contributed by atoms with E-state index < -0.39 is 6.09 Å². The lowest BCUT2D eigenvalue weighted by molar-refractivity contribution is -0.0247. The molecule has 1 heterocycles. The lowest BCUT2D eigenvalue weighted by Gasteiger charge is -2.44. The average molecular weight is 408 g/mol. The first-order chi connectivity index (χ1) is 11.7. The zero-order chi connectivity index (χ0) is 18.6. The predicted molar refractivity (Wildman–Crippen MR) is 103 cm³/mol. The van der Waals surface area contributed by atoms with E-state index in [1.165, 1.54) is 0 Å². The number of ether oxygens (including phenoxy) is 1. The smallest absolute Gasteiger partial charge is 0.407 e. The molecule has 1 aromatic carbocycles. The average Bonchev–Trinajstić information content (AvgIpc) is 2.53. The van der Waals surface area contributed by atoms with E-state index in [0.29, 0.717) is 13.2 Å². The number of carbonyl (C=O) groups is 1. The number of piperidine rings is 1. The molecule has 0 spiro atoms. The van der Waals surface area contributed by atoms with E-state index in [9.17, 15) is 9.90 Å². The Morgan fingerprint density at radius 3 is 2.76 bits per heavy atom. The highest BCUT2D eigenvalue weighted by molar-refractivity contribution is 9.10. The summed E-state index contributed by atoms with van der Waals surface area (Å²) in [6.07, 6.45) is 0.650. The van der Waals surface area contributed by atoms with Crippen molar-refractivity contribution in [3.63, 3.8) is 0 Å². The van der Waals surface area contributed by atoms with Gasteiger partial charge < -0.3 is 14.7 Å². The molecule has 0 radical (unpaired) electrons. The Morgan fingerprint density at radius 1 is 1.44 bits per heavy atom. The second-order valence-corrected chi connectivity index (χ2v) is 8.44. The van der Waals surface area contributed by atoms with Gasteiger partial charge in [0.05, 0.1) is 6.10 Å². The molecule has 1 fully saturated rings. The number of carboxylic acid groups (broad SMARTS) is 1. The molecular weight excluding hydrogens is 382 g/mol. The first-order valence-corrected chi connectivity index (χ1v) is 9.34. The number of likely N-dealkylation sites (tertiary alicyclic amines) is 1. The molecule has 2 unspecified atom stereocenters. The minimum atomic E-state index is -0.844. The highest BCUT2D eigenvalue weighted by Crippen LogP contribution is 2.33. The summed E-state index contributed by atoms with van der Waals surface area (Å²) < 4.78 is 6.99. The molecule has 25 heavy (non-hydrogen) atoms. The molecule has 2 atom stereocenters. The van der Waals surface area contributed by atoms with Crippen molar-refractivity contribution in [2.24, 2.45) is 5.41 Å². The van der Waals surface area contributed by atoms with Crippen LogP contribution in [0, 0.1) is 24.2 Å². The number of hydrogen-bond acceptors (Lipinski definition) is 2. The molecule has 0 bridgehead atoms. The van der Waals surface area contributed by atoms with E-state index in [1.807, 2.05) is 25.1 Å². The first-order valence-electron chi connectivity index (χ1n) is 8.54. The molecule has 1 aromatic rings. The summed E-state index contributed by atoms with van der Waals surface area (Å²) in [5, 5.41) is 9.40. The molecule has 1 aliphatic rings. The van der Waals surface area contributed by atoms with Gasteiger partial charge in [0.25, 0.3) is 0 Å². The zero-order valence-corrected chi connectivity index (χ0v) is 16.9. The highest BCUT2D eigenvalue weighted by Gasteiger charge is 2.38. The topological polar surface area (TPSA) is 49.8 Å². The van der Waals surface area contributed by atoms with E-state index in [1.54, 1.807) is 4.90 Å². The van der Waals surface area contributed by atoms with E-state index in [0.717, 1.165) is 28.4 Å². The molecule has 0 saturated carbocycles. The molecule has 1 N–H and O–H groups in total. The van der Waals surface area contributed by atoms with Crippen molar-refractivity contribution in [3.8, 4) is 11.8 Å². The minimum absolute atomic E-state index is 0.0363. The van der Waals surface area contributed by atoms with Crippen LogP contribution in [0.3, 0.4) is 0 Å². The fourth-order valence-corrected chi connectivity index (χ4v) is 3.40. The van der Waals surface area contributed by atoms with Gasteiger partial charge in [-0.3, -0.25) is 0 Å². The van der Waals surface area contributed by atoms with Crippen molar-refractivity contribution in [3.05, 3.63) is 33.8 Å². The second-order valence-electron chi connectivity index (χ2n) is 7.58. The van der Waals surface area contributed by atoms with Crippen LogP contribution >= 0.6 is 15.9 Å². The third kappa shape index (κ3) is 5.49. The van der Waals surface area contributed by atoms with Gasteiger partial charge in [0.2, 0.25) is 0 Å². The Balaban J connectivity index is 1.92. The Bertz CT molecular complexity index is 684. The number of benzene rings is 1. The fraction of sp³-hybridized carbons (Fsp3) is 0.550. The van der Waals surface area contributed by atoms with Crippen LogP contribution in [0.2, 0.25) is 0 Å². The minimum Gasteiger partial charge on any atom is -0.465 e. The molecule has 0 aromatic heterocycles. The lowest BCUT2D eigenvalue weighted by atomic mass is 9.80. The maximum Gasteiger partial charge on any atom is 0.407 e. The summed E-state index contributed by atoms with van der Waals surface area (Å²) >= 11 is 3.48. The largest absolute Gasteiger partial charge is 0.465 e. The van der Waals surface area contributed by atoms with Gasteiger partial charge in [0.1, 0.15) is 6.61 Å². The summed E-state index contributed by atoms with van der Waals surface area (Å²) in [6.45, 7) is 9.14. The van der Waals surface area contributed by atoms with Crippen LogP contribution in [-0.2, 0) is 4.74 Å². The van der Waals surface area contributed by atoms with E-state index >= 15 is 0 Å². The molecule has 4 nitrogen and oxygen atoms in total. The van der Waals surface area contributed by atoms with Gasteiger partial charge >= 0.3 is 6.09 Å². The molecule has 136 valence electrons. The number of rotatable bonds is 2. The highest BCUT2D eigenvalue weighted by atomic mass is 79.9. The number of halogens is 1. The second kappa shape index (κ2) is 8.25. The summed E-state index contributed by atoms with van der Waals surface area (Å²) in [6, 6.07) is 5.98. The number of hydrogen-bond donors (Lipinski definition) is 1. The van der Waals surface area contributed by atoms with E-state index in [-0.39, 0.29) is 17.6 Å². The predicted octanol–water partition coefficient (Wildman–Crippen LogP) is 4.68. The van der Waals surface area contributed by atoms with Crippen LogP contribution in [0.4, 0.5) is 4.79 Å². The van der Waals surface area contributed by atoms with Crippen molar-refractivity contribution in [2.45, 2.75) is 52.7 Å². The van der Waals surface area contributed by atoms with Crippen molar-refractivity contribution >= 4 is 22.0 Å². The first kappa shape index (κ1) is 19.8. The molecule has 2 rings (SSSR count). The SMILES string of the molecule is Cc1cc(C#CCOC2CCN(C(=O)O)C(C(C)(C)C)C2)ccc1Br. The van der Waals surface area contributed by atoms with Gasteiger partial charge in [-0.25, -0.2) is 4.79 Å². The number of nitrogens with zero attached hydrogens (tertiary/aromatic N) is 1. The van der Waals surface area contributed by atoms with Crippen LogP contribution in [0.1, 0.15) is 44.7 Å². The van der Waals surface area contributed by atoms with Crippen LogP contribution in [0.15, 0.2) is 22.7 Å². The summed E-state index contributed by atoms with van der Waals surface area (Å²) in [5.41, 5.74) is 2.01. The Kier molecular flexibility index (Phi) is 6.53. The van der Waals surface area contributed by atoms with Gasteiger partial charge in [-0.15, -0.1) is 0 Å². The molecule has 1 amide bonds. The van der Waals surface area contributed by atoms with Gasteiger partial charge in [-0.1, -0.05) is 48.5 Å². The monoisotopic (exact) mass is 407 g/mol. The van der Waals surface area contributed by atoms with Crippen molar-refractivity contribution < 1.29 is 14.6 Å². The standard InChI is InChI=1S/C20H26BrNO3/c1-14-12-15(7-8-17(14)21)6-5-11-25-16-9-10-22(19(23)24)18(13-16)20(2,3)4/h7-8,12,16,18H,9-11,13H2,1-4H3,(H,23,24). The summed E-state index contributed by atoms with van der Waals surface area (Å²) in [4.78, 5) is 13.0. The lowest BCUT2D eigenvalue weighted by Crippen LogP contribution is -2.53. The maximum atomic E-state index is 11.4. The summed E-state index contributed by atoms with van der Waals surface area (Å²) in [7, 11) is 0. The Labute approximate surface area is 158 Å². The fourth-order valence-electron chi connectivity index (χ4n) is 3.15. The molecule has 0 aliphatic carbocycles. The van der Waals surface area contributed by atoms with Gasteiger partial charge in [0, 0.05) is 22.6 Å².